The first kappa shape index (κ1) is 22.8. The minimum absolute atomic E-state index is 0. The highest BCUT2D eigenvalue weighted by Gasteiger charge is 2.27. The predicted octanol–water partition coefficient (Wildman–Crippen LogP) is 0.0262. The van der Waals surface area contributed by atoms with Gasteiger partial charge in [-0.2, -0.15) is 0 Å². The number of rotatable bonds is 8. The third-order valence-electron chi connectivity index (χ3n) is 3.87. The Labute approximate surface area is 160 Å². The minimum Gasteiger partial charge on any atom is -0.383 e. The number of morpholine rings is 1. The summed E-state index contributed by atoms with van der Waals surface area (Å²) in [5, 5.41) is 5.93. The minimum atomic E-state index is -3.60. The highest BCUT2D eigenvalue weighted by Crippen LogP contribution is 2.12. The highest BCUT2D eigenvalue weighted by molar-refractivity contribution is 7.89. The standard InChI is InChI=1S/C16H25N3O5S.ClH/c1-12-15(17-6-9-24-12)16(20)18-11-13-4-3-5-14(10-13)25(21,22)19-7-8-23-2;/h3-5,10,12,15,17,19H,6-9,11H2,1-2H3,(H,18,20);1H/t12-,15+;/m1./s1. The van der Waals surface area contributed by atoms with Crippen molar-refractivity contribution in [1.82, 2.24) is 15.4 Å². The molecule has 1 aliphatic heterocycles. The number of amides is 1. The van der Waals surface area contributed by atoms with E-state index in [4.69, 9.17) is 9.47 Å². The molecule has 1 fully saturated rings. The zero-order chi connectivity index (χ0) is 18.3. The maximum absolute atomic E-state index is 12.2. The van der Waals surface area contributed by atoms with Crippen molar-refractivity contribution in [3.63, 3.8) is 0 Å². The first-order valence-electron chi connectivity index (χ1n) is 8.14. The molecule has 1 aromatic rings. The molecule has 0 radical (unpaired) electrons. The molecule has 1 aromatic carbocycles. The van der Waals surface area contributed by atoms with E-state index >= 15 is 0 Å². The fourth-order valence-corrected chi connectivity index (χ4v) is 3.59. The zero-order valence-corrected chi connectivity index (χ0v) is 16.5. The molecule has 1 amide bonds. The normalized spacial score (nSPS) is 20.2. The van der Waals surface area contributed by atoms with E-state index in [0.29, 0.717) is 25.3 Å². The van der Waals surface area contributed by atoms with E-state index in [0.717, 1.165) is 0 Å². The molecule has 1 heterocycles. The van der Waals surface area contributed by atoms with Crippen LogP contribution in [0.1, 0.15) is 12.5 Å². The zero-order valence-electron chi connectivity index (χ0n) is 14.9. The van der Waals surface area contributed by atoms with Crippen LogP contribution < -0.4 is 15.4 Å². The van der Waals surface area contributed by atoms with Gasteiger partial charge in [0.25, 0.3) is 0 Å². The highest BCUT2D eigenvalue weighted by atomic mass is 35.5. The molecular weight excluding hydrogens is 382 g/mol. The van der Waals surface area contributed by atoms with Gasteiger partial charge in [0, 0.05) is 26.7 Å². The summed E-state index contributed by atoms with van der Waals surface area (Å²) in [5.74, 6) is -0.168. The molecule has 0 bridgehead atoms. The van der Waals surface area contributed by atoms with Crippen LogP contribution in [0, 0.1) is 0 Å². The number of sulfonamides is 1. The number of ether oxygens (including phenoxy) is 2. The van der Waals surface area contributed by atoms with Crippen molar-refractivity contribution in [3.05, 3.63) is 29.8 Å². The van der Waals surface area contributed by atoms with E-state index in [1.54, 1.807) is 18.2 Å². The Bertz CT molecular complexity index is 686. The summed E-state index contributed by atoms with van der Waals surface area (Å²) in [6, 6.07) is 6.07. The van der Waals surface area contributed by atoms with Gasteiger partial charge in [0.15, 0.2) is 0 Å². The van der Waals surface area contributed by atoms with Gasteiger partial charge in [0.2, 0.25) is 15.9 Å². The molecule has 8 nitrogen and oxygen atoms in total. The van der Waals surface area contributed by atoms with Crippen LogP contribution in [0.25, 0.3) is 0 Å². The Morgan fingerprint density at radius 2 is 2.19 bits per heavy atom. The molecule has 0 aliphatic carbocycles. The summed E-state index contributed by atoms with van der Waals surface area (Å²) in [7, 11) is -2.09. The van der Waals surface area contributed by atoms with Gasteiger partial charge in [0.1, 0.15) is 6.04 Å². The lowest BCUT2D eigenvalue weighted by Gasteiger charge is -2.29. The Morgan fingerprint density at radius 1 is 1.42 bits per heavy atom. The number of hydrogen-bond acceptors (Lipinski definition) is 6. The number of halogens is 1. The lowest BCUT2D eigenvalue weighted by molar-refractivity contribution is -0.129. The molecule has 148 valence electrons. The number of nitrogens with one attached hydrogen (secondary N) is 3. The fraction of sp³-hybridized carbons (Fsp3) is 0.562. The van der Waals surface area contributed by atoms with E-state index in [1.807, 2.05) is 6.92 Å². The maximum atomic E-state index is 12.2. The second kappa shape index (κ2) is 10.8. The van der Waals surface area contributed by atoms with Crippen LogP contribution in [0.15, 0.2) is 29.2 Å². The molecule has 0 saturated carbocycles. The SMILES string of the molecule is COCCNS(=O)(=O)c1cccc(CNC(=O)[C@H]2NCCO[C@@H]2C)c1.Cl. The van der Waals surface area contributed by atoms with Gasteiger partial charge in [-0.3, -0.25) is 4.79 Å². The van der Waals surface area contributed by atoms with Gasteiger partial charge < -0.3 is 20.1 Å². The largest absolute Gasteiger partial charge is 0.383 e. The van der Waals surface area contributed by atoms with Gasteiger partial charge in [-0.15, -0.1) is 12.4 Å². The second-order valence-electron chi connectivity index (χ2n) is 5.76. The fourth-order valence-electron chi connectivity index (χ4n) is 2.51. The molecule has 1 saturated heterocycles. The van der Waals surface area contributed by atoms with Gasteiger partial charge in [-0.05, 0) is 24.6 Å². The van der Waals surface area contributed by atoms with E-state index in [9.17, 15) is 13.2 Å². The monoisotopic (exact) mass is 407 g/mol. The Balaban J connectivity index is 0.00000338. The van der Waals surface area contributed by atoms with E-state index in [2.05, 4.69) is 15.4 Å². The van der Waals surface area contributed by atoms with Crippen LogP contribution in [0.3, 0.4) is 0 Å². The molecule has 0 aromatic heterocycles. The van der Waals surface area contributed by atoms with Crippen molar-refractivity contribution in [2.24, 2.45) is 0 Å². The van der Waals surface area contributed by atoms with Crippen LogP contribution in [0.4, 0.5) is 0 Å². The quantitative estimate of drug-likeness (QED) is 0.525. The summed E-state index contributed by atoms with van der Waals surface area (Å²) in [4.78, 5) is 12.4. The number of benzene rings is 1. The van der Waals surface area contributed by atoms with E-state index in [1.165, 1.54) is 13.2 Å². The summed E-state index contributed by atoms with van der Waals surface area (Å²) in [6.45, 7) is 3.79. The van der Waals surface area contributed by atoms with Crippen LogP contribution >= 0.6 is 12.4 Å². The molecule has 2 atom stereocenters. The third kappa shape index (κ3) is 6.49. The first-order chi connectivity index (χ1) is 11.9. The van der Waals surface area contributed by atoms with Crippen molar-refractivity contribution in [1.29, 1.82) is 0 Å². The first-order valence-corrected chi connectivity index (χ1v) is 9.62. The van der Waals surface area contributed by atoms with Crippen molar-refractivity contribution in [3.8, 4) is 0 Å². The summed E-state index contributed by atoms with van der Waals surface area (Å²) >= 11 is 0. The number of carbonyl (C=O) groups excluding carboxylic acids is 1. The van der Waals surface area contributed by atoms with Gasteiger partial charge in [0.05, 0.1) is 24.2 Å². The molecule has 10 heteroatoms. The maximum Gasteiger partial charge on any atom is 0.240 e. The molecule has 2 rings (SSSR count). The van der Waals surface area contributed by atoms with Crippen molar-refractivity contribution in [2.75, 3.05) is 33.4 Å². The number of carbonyl (C=O) groups is 1. The molecule has 3 N–H and O–H groups in total. The molecular formula is C16H26ClN3O5S. The number of hydrogen-bond donors (Lipinski definition) is 3. The smallest absolute Gasteiger partial charge is 0.240 e. The Hall–Kier alpha value is -1.23. The van der Waals surface area contributed by atoms with Crippen molar-refractivity contribution >= 4 is 28.3 Å². The van der Waals surface area contributed by atoms with Crippen LogP contribution in [0.2, 0.25) is 0 Å². The lowest BCUT2D eigenvalue weighted by Crippen LogP contribution is -2.55. The number of methoxy groups -OCH3 is 1. The predicted molar refractivity (Wildman–Crippen MR) is 99.8 cm³/mol. The average Bonchev–Trinajstić information content (AvgIpc) is 2.60. The van der Waals surface area contributed by atoms with Crippen LogP contribution in [0.5, 0.6) is 0 Å². The van der Waals surface area contributed by atoms with Crippen molar-refractivity contribution < 1.29 is 22.7 Å². The van der Waals surface area contributed by atoms with Gasteiger partial charge in [-0.25, -0.2) is 13.1 Å². The second-order valence-corrected chi connectivity index (χ2v) is 7.53. The van der Waals surface area contributed by atoms with E-state index < -0.39 is 16.1 Å². The Morgan fingerprint density at radius 3 is 2.88 bits per heavy atom. The lowest BCUT2D eigenvalue weighted by atomic mass is 10.1. The van der Waals surface area contributed by atoms with Crippen LogP contribution in [-0.2, 0) is 30.8 Å². The van der Waals surface area contributed by atoms with Crippen molar-refractivity contribution in [2.45, 2.75) is 30.5 Å². The third-order valence-corrected chi connectivity index (χ3v) is 5.33. The molecule has 0 unspecified atom stereocenters. The average molecular weight is 408 g/mol. The molecule has 26 heavy (non-hydrogen) atoms. The van der Waals surface area contributed by atoms with Gasteiger partial charge >= 0.3 is 0 Å². The van der Waals surface area contributed by atoms with Crippen LogP contribution in [-0.4, -0.2) is 59.9 Å². The molecule has 0 spiro atoms. The topological polar surface area (TPSA) is 106 Å². The summed E-state index contributed by atoms with van der Waals surface area (Å²) in [6.07, 6.45) is -0.203. The summed E-state index contributed by atoms with van der Waals surface area (Å²) < 4.78 is 37.2. The van der Waals surface area contributed by atoms with Gasteiger partial charge in [-0.1, -0.05) is 12.1 Å². The summed E-state index contributed by atoms with van der Waals surface area (Å²) in [5.41, 5.74) is 0.701. The van der Waals surface area contributed by atoms with E-state index in [-0.39, 0.29) is 42.4 Å². The Kier molecular flexibility index (Phi) is 9.48. The molecule has 1 aliphatic rings.